The molecule has 0 radical (unpaired) electrons. The molecule has 1 unspecified atom stereocenters. The summed E-state index contributed by atoms with van der Waals surface area (Å²) in [6.45, 7) is 9.03. The molecule has 0 bridgehead atoms. The normalized spacial score (nSPS) is 16.9. The fourth-order valence-electron chi connectivity index (χ4n) is 3.79. The Kier molecular flexibility index (Phi) is 5.84. The molecule has 1 N–H and O–H groups in total. The van der Waals surface area contributed by atoms with E-state index in [1.54, 1.807) is 16.8 Å². The Balaban J connectivity index is 1.95. The fourth-order valence-corrected chi connectivity index (χ4v) is 3.79. The van der Waals surface area contributed by atoms with Crippen molar-refractivity contribution in [2.45, 2.75) is 53.1 Å². The molecule has 1 aromatic carbocycles. The van der Waals surface area contributed by atoms with Gasteiger partial charge < -0.3 is 10.1 Å². The lowest BCUT2D eigenvalue weighted by Crippen LogP contribution is -2.48. The van der Waals surface area contributed by atoms with Crippen molar-refractivity contribution >= 4 is 22.6 Å². The summed E-state index contributed by atoms with van der Waals surface area (Å²) in [5.41, 5.74) is 0.0408. The number of nitrogens with one attached hydrogen (secondary N) is 1. The standard InChI is InChI=1S/C21H28FN3O3/c1-13(26)19(21(2,3)4)23-20(27)17-15-6-5-7-16(22)18(15)25(24-17)12-14-8-10-28-11-9-14/h5-7,14,19H,8-12H2,1-4H3,(H,23,27). The fraction of sp³-hybridized carbons (Fsp3) is 0.571. The third-order valence-electron chi connectivity index (χ3n) is 5.26. The highest BCUT2D eigenvalue weighted by Gasteiger charge is 2.32. The third kappa shape index (κ3) is 4.24. The number of carbonyl (C=O) groups excluding carboxylic acids is 2. The predicted molar refractivity (Wildman–Crippen MR) is 105 cm³/mol. The number of carbonyl (C=O) groups is 2. The van der Waals surface area contributed by atoms with Gasteiger partial charge in [0.25, 0.3) is 5.91 Å². The number of fused-ring (bicyclic) bond motifs is 1. The van der Waals surface area contributed by atoms with Gasteiger partial charge >= 0.3 is 0 Å². The van der Waals surface area contributed by atoms with Crippen LogP contribution in [0.2, 0.25) is 0 Å². The van der Waals surface area contributed by atoms with Crippen LogP contribution in [-0.4, -0.2) is 40.7 Å². The van der Waals surface area contributed by atoms with Crippen LogP contribution in [-0.2, 0) is 16.1 Å². The van der Waals surface area contributed by atoms with Crippen LogP contribution < -0.4 is 5.32 Å². The summed E-state index contributed by atoms with van der Waals surface area (Å²) in [6, 6.07) is 3.99. The van der Waals surface area contributed by atoms with Crippen LogP contribution in [0.3, 0.4) is 0 Å². The van der Waals surface area contributed by atoms with Crippen molar-refractivity contribution in [3.8, 4) is 0 Å². The maximum absolute atomic E-state index is 14.6. The highest BCUT2D eigenvalue weighted by atomic mass is 19.1. The Morgan fingerprint density at radius 2 is 2.00 bits per heavy atom. The average Bonchev–Trinajstić information content (AvgIpc) is 2.99. The van der Waals surface area contributed by atoms with E-state index in [1.165, 1.54) is 13.0 Å². The molecule has 1 aliphatic rings. The van der Waals surface area contributed by atoms with Crippen molar-refractivity contribution in [1.29, 1.82) is 0 Å². The molecule has 0 saturated carbocycles. The number of ketones is 1. The van der Waals surface area contributed by atoms with Gasteiger partial charge in [0, 0.05) is 25.1 Å². The number of benzene rings is 1. The number of aromatic nitrogens is 2. The molecule has 1 fully saturated rings. The number of halogens is 1. The highest BCUT2D eigenvalue weighted by molar-refractivity contribution is 6.06. The van der Waals surface area contributed by atoms with E-state index in [0.29, 0.717) is 36.6 Å². The maximum atomic E-state index is 14.6. The summed E-state index contributed by atoms with van der Waals surface area (Å²) >= 11 is 0. The molecular formula is C21H28FN3O3. The first-order valence-corrected chi connectivity index (χ1v) is 9.72. The lowest BCUT2D eigenvalue weighted by Gasteiger charge is -2.29. The van der Waals surface area contributed by atoms with E-state index in [9.17, 15) is 14.0 Å². The van der Waals surface area contributed by atoms with Gasteiger partial charge in [0.05, 0.1) is 6.04 Å². The molecule has 1 atom stereocenters. The zero-order valence-corrected chi connectivity index (χ0v) is 16.9. The van der Waals surface area contributed by atoms with Gasteiger partial charge in [-0.25, -0.2) is 4.39 Å². The molecule has 152 valence electrons. The van der Waals surface area contributed by atoms with Gasteiger partial charge in [0.1, 0.15) is 11.3 Å². The topological polar surface area (TPSA) is 73.2 Å². The van der Waals surface area contributed by atoms with E-state index in [1.807, 2.05) is 20.8 Å². The second kappa shape index (κ2) is 7.99. The van der Waals surface area contributed by atoms with Crippen molar-refractivity contribution in [3.05, 3.63) is 29.7 Å². The van der Waals surface area contributed by atoms with Gasteiger partial charge in [-0.2, -0.15) is 5.10 Å². The summed E-state index contributed by atoms with van der Waals surface area (Å²) in [4.78, 5) is 25.0. The number of rotatable bonds is 5. The average molecular weight is 389 g/mol. The smallest absolute Gasteiger partial charge is 0.273 e. The molecule has 0 spiro atoms. The molecule has 1 aromatic heterocycles. The number of hydrogen-bond acceptors (Lipinski definition) is 4. The SMILES string of the molecule is CC(=O)C(NC(=O)c1nn(CC2CCOCC2)c2c(F)cccc12)C(C)(C)C. The zero-order valence-electron chi connectivity index (χ0n) is 16.9. The van der Waals surface area contributed by atoms with Crippen LogP contribution in [0.5, 0.6) is 0 Å². The first kappa shape index (κ1) is 20.5. The minimum atomic E-state index is -0.649. The summed E-state index contributed by atoms with van der Waals surface area (Å²) in [5.74, 6) is -0.670. The molecule has 1 amide bonds. The Labute approximate surface area is 164 Å². The predicted octanol–water partition coefficient (Wildman–Crippen LogP) is 3.34. The van der Waals surface area contributed by atoms with E-state index in [2.05, 4.69) is 10.4 Å². The number of amides is 1. The quantitative estimate of drug-likeness (QED) is 0.851. The van der Waals surface area contributed by atoms with Gasteiger partial charge in [-0.15, -0.1) is 0 Å². The van der Waals surface area contributed by atoms with Crippen molar-refractivity contribution in [3.63, 3.8) is 0 Å². The molecule has 2 heterocycles. The van der Waals surface area contributed by atoms with Gasteiger partial charge in [-0.3, -0.25) is 14.3 Å². The lowest BCUT2D eigenvalue weighted by molar-refractivity contribution is -0.121. The first-order valence-electron chi connectivity index (χ1n) is 9.72. The van der Waals surface area contributed by atoms with E-state index in [4.69, 9.17) is 4.74 Å². The largest absolute Gasteiger partial charge is 0.381 e. The van der Waals surface area contributed by atoms with Crippen molar-refractivity contribution in [1.82, 2.24) is 15.1 Å². The van der Waals surface area contributed by atoms with Gasteiger partial charge in [-0.05, 0) is 37.2 Å². The van der Waals surface area contributed by atoms with Crippen LogP contribution in [0.15, 0.2) is 18.2 Å². The van der Waals surface area contributed by atoms with Crippen LogP contribution in [0.25, 0.3) is 10.9 Å². The van der Waals surface area contributed by atoms with E-state index >= 15 is 0 Å². The van der Waals surface area contributed by atoms with E-state index < -0.39 is 23.2 Å². The lowest BCUT2D eigenvalue weighted by atomic mass is 9.84. The van der Waals surface area contributed by atoms with Gasteiger partial charge in [0.15, 0.2) is 11.5 Å². The van der Waals surface area contributed by atoms with Crippen LogP contribution in [0.4, 0.5) is 4.39 Å². The summed E-state index contributed by atoms with van der Waals surface area (Å²) in [7, 11) is 0. The van der Waals surface area contributed by atoms with Crippen molar-refractivity contribution < 1.29 is 18.7 Å². The number of ether oxygens (including phenoxy) is 1. The Hall–Kier alpha value is -2.28. The number of nitrogens with zero attached hydrogens (tertiary/aromatic N) is 2. The zero-order chi connectivity index (χ0) is 20.5. The highest BCUT2D eigenvalue weighted by Crippen LogP contribution is 2.26. The minimum Gasteiger partial charge on any atom is -0.381 e. The summed E-state index contributed by atoms with van der Waals surface area (Å²) < 4.78 is 21.6. The monoisotopic (exact) mass is 389 g/mol. The maximum Gasteiger partial charge on any atom is 0.273 e. The molecule has 28 heavy (non-hydrogen) atoms. The Morgan fingerprint density at radius 1 is 1.32 bits per heavy atom. The van der Waals surface area contributed by atoms with Crippen LogP contribution in [0.1, 0.15) is 51.0 Å². The van der Waals surface area contributed by atoms with Gasteiger partial charge in [-0.1, -0.05) is 32.9 Å². The molecule has 7 heteroatoms. The van der Waals surface area contributed by atoms with E-state index in [0.717, 1.165) is 12.8 Å². The molecule has 1 saturated heterocycles. The molecule has 2 aromatic rings. The molecule has 0 aliphatic carbocycles. The minimum absolute atomic E-state index is 0.127. The number of Topliss-reactive ketones (excluding diaryl/α,β-unsaturated/α-hetero) is 1. The third-order valence-corrected chi connectivity index (χ3v) is 5.26. The first-order chi connectivity index (χ1) is 13.2. The molecule has 6 nitrogen and oxygen atoms in total. The molecule has 1 aliphatic heterocycles. The van der Waals surface area contributed by atoms with Crippen LogP contribution >= 0.6 is 0 Å². The number of para-hydroxylation sites is 1. The molecule has 3 rings (SSSR count). The number of hydrogen-bond donors (Lipinski definition) is 1. The Morgan fingerprint density at radius 3 is 2.61 bits per heavy atom. The summed E-state index contributed by atoms with van der Waals surface area (Å²) in [5, 5.41) is 7.70. The second-order valence-corrected chi connectivity index (χ2v) is 8.61. The van der Waals surface area contributed by atoms with Gasteiger partial charge in [0.2, 0.25) is 0 Å². The van der Waals surface area contributed by atoms with E-state index in [-0.39, 0.29) is 11.5 Å². The van der Waals surface area contributed by atoms with Crippen molar-refractivity contribution in [2.75, 3.05) is 13.2 Å². The Bertz CT molecular complexity index is 879. The second-order valence-electron chi connectivity index (χ2n) is 8.61. The van der Waals surface area contributed by atoms with Crippen molar-refractivity contribution in [2.24, 2.45) is 11.3 Å². The molecular weight excluding hydrogens is 361 g/mol. The summed E-state index contributed by atoms with van der Waals surface area (Å²) in [6.07, 6.45) is 1.77. The van der Waals surface area contributed by atoms with Crippen LogP contribution in [0, 0.1) is 17.2 Å².